The third-order valence-corrected chi connectivity index (χ3v) is 1.38. The highest BCUT2D eigenvalue weighted by atomic mass is 28.2. The van der Waals surface area contributed by atoms with Crippen LogP contribution in [-0.2, 0) is 13.9 Å². The molecule has 0 aliphatic rings. The summed E-state index contributed by atoms with van der Waals surface area (Å²) >= 11 is 0. The molecule has 0 aromatic carbocycles. The van der Waals surface area contributed by atoms with E-state index >= 15 is 0 Å². The number of hydrogen-bond donors (Lipinski definition) is 0. The van der Waals surface area contributed by atoms with Gasteiger partial charge >= 0.3 is 0 Å². The molecule has 0 amide bonds. The molecule has 9 heavy (non-hydrogen) atoms. The highest BCUT2D eigenvalue weighted by Crippen LogP contribution is 1.95. The molecule has 0 heterocycles. The molecule has 0 fully saturated rings. The molecule has 0 saturated carbocycles. The standard InChI is InChI=1S/C5H13O3Si/c1-6-4-3-5(7-2)8-9/h5H,3-4,9H2,1-2H3. The molecule has 0 spiro atoms. The van der Waals surface area contributed by atoms with Crippen LogP contribution in [0, 0.1) is 0 Å². The van der Waals surface area contributed by atoms with E-state index in [0.717, 1.165) is 6.42 Å². The van der Waals surface area contributed by atoms with E-state index in [4.69, 9.17) is 13.9 Å². The zero-order valence-electron chi connectivity index (χ0n) is 5.92. The second-order valence-corrected chi connectivity index (χ2v) is 1.95. The molecule has 0 N–H and O–H groups in total. The fourth-order valence-corrected chi connectivity index (χ4v) is 0.786. The molecule has 0 aliphatic carbocycles. The lowest BCUT2D eigenvalue weighted by atomic mass is 10.4. The Bertz CT molecular complexity index is 56.2. The summed E-state index contributed by atoms with van der Waals surface area (Å²) in [5, 5.41) is 0. The minimum Gasteiger partial charge on any atom is -0.401 e. The third kappa shape index (κ3) is 4.59. The summed E-state index contributed by atoms with van der Waals surface area (Å²) in [6.45, 7) is 0.677. The van der Waals surface area contributed by atoms with Crippen LogP contribution in [-0.4, -0.2) is 37.6 Å². The van der Waals surface area contributed by atoms with Gasteiger partial charge in [-0.3, -0.25) is 0 Å². The number of hydrogen-bond acceptors (Lipinski definition) is 3. The van der Waals surface area contributed by atoms with E-state index in [-0.39, 0.29) is 6.29 Å². The average molecular weight is 149 g/mol. The summed E-state index contributed by atoms with van der Waals surface area (Å²) in [5.41, 5.74) is 0. The molecular weight excluding hydrogens is 136 g/mol. The van der Waals surface area contributed by atoms with Crippen molar-refractivity contribution in [3.8, 4) is 0 Å². The molecule has 3 nitrogen and oxygen atoms in total. The summed E-state index contributed by atoms with van der Waals surface area (Å²) in [4.78, 5) is 0. The molecule has 0 bridgehead atoms. The molecule has 0 aromatic heterocycles. The van der Waals surface area contributed by atoms with Gasteiger partial charge in [0.05, 0.1) is 6.61 Å². The van der Waals surface area contributed by atoms with E-state index in [1.165, 1.54) is 10.5 Å². The van der Waals surface area contributed by atoms with Crippen LogP contribution >= 0.6 is 0 Å². The summed E-state index contributed by atoms with van der Waals surface area (Å²) in [6.07, 6.45) is 0.680. The van der Waals surface area contributed by atoms with Gasteiger partial charge in [0.15, 0.2) is 10.5 Å². The van der Waals surface area contributed by atoms with Crippen molar-refractivity contribution >= 4 is 10.5 Å². The molecule has 4 heteroatoms. The van der Waals surface area contributed by atoms with E-state index in [0.29, 0.717) is 6.61 Å². The van der Waals surface area contributed by atoms with E-state index in [9.17, 15) is 0 Å². The van der Waals surface area contributed by atoms with E-state index in [2.05, 4.69) is 0 Å². The topological polar surface area (TPSA) is 27.7 Å². The monoisotopic (exact) mass is 149 g/mol. The Labute approximate surface area is 58.8 Å². The fraction of sp³-hybridized carbons (Fsp3) is 1.00. The highest BCUT2D eigenvalue weighted by molar-refractivity contribution is 5.98. The van der Waals surface area contributed by atoms with Crippen LogP contribution in [0.2, 0.25) is 0 Å². The molecule has 1 unspecified atom stereocenters. The van der Waals surface area contributed by atoms with E-state index < -0.39 is 0 Å². The predicted octanol–water partition coefficient (Wildman–Crippen LogP) is -0.440. The van der Waals surface area contributed by atoms with Gasteiger partial charge in [-0.1, -0.05) is 0 Å². The highest BCUT2D eigenvalue weighted by Gasteiger charge is 2.01. The Morgan fingerprint density at radius 3 is 2.44 bits per heavy atom. The lowest BCUT2D eigenvalue weighted by Gasteiger charge is -2.11. The van der Waals surface area contributed by atoms with Crippen LogP contribution in [0.15, 0.2) is 0 Å². The molecule has 0 aromatic rings. The first-order valence-corrected chi connectivity index (χ1v) is 3.35. The van der Waals surface area contributed by atoms with Crippen molar-refractivity contribution in [1.82, 2.24) is 0 Å². The maximum absolute atomic E-state index is 4.93. The Kier molecular flexibility index (Phi) is 6.29. The van der Waals surface area contributed by atoms with Crippen molar-refractivity contribution in [1.29, 1.82) is 0 Å². The van der Waals surface area contributed by atoms with Gasteiger partial charge in [0.2, 0.25) is 0 Å². The third-order valence-electron chi connectivity index (χ3n) is 1.01. The quantitative estimate of drug-likeness (QED) is 0.392. The molecule has 0 rings (SSSR count). The van der Waals surface area contributed by atoms with Crippen molar-refractivity contribution in [2.75, 3.05) is 20.8 Å². The smallest absolute Gasteiger partial charge is 0.178 e. The normalized spacial score (nSPS) is 13.7. The molecule has 55 valence electrons. The minimum absolute atomic E-state index is 0.108. The van der Waals surface area contributed by atoms with Crippen LogP contribution in [0.5, 0.6) is 0 Å². The molecule has 1 radical (unpaired) electrons. The van der Waals surface area contributed by atoms with Gasteiger partial charge in [-0.25, -0.2) is 0 Å². The van der Waals surface area contributed by atoms with Gasteiger partial charge < -0.3 is 13.9 Å². The van der Waals surface area contributed by atoms with Gasteiger partial charge in [-0.2, -0.15) is 0 Å². The molecule has 1 atom stereocenters. The van der Waals surface area contributed by atoms with Crippen LogP contribution in [0.25, 0.3) is 0 Å². The lowest BCUT2D eigenvalue weighted by molar-refractivity contribution is -0.0646. The first-order valence-electron chi connectivity index (χ1n) is 2.77. The van der Waals surface area contributed by atoms with E-state index in [1.54, 1.807) is 14.2 Å². The van der Waals surface area contributed by atoms with Crippen LogP contribution in [0.4, 0.5) is 0 Å². The van der Waals surface area contributed by atoms with Crippen molar-refractivity contribution in [3.63, 3.8) is 0 Å². The van der Waals surface area contributed by atoms with Crippen molar-refractivity contribution in [2.24, 2.45) is 0 Å². The summed E-state index contributed by atoms with van der Waals surface area (Å²) in [7, 11) is 4.71. The van der Waals surface area contributed by atoms with Crippen molar-refractivity contribution < 1.29 is 13.9 Å². The second-order valence-electron chi connectivity index (χ2n) is 1.61. The largest absolute Gasteiger partial charge is 0.401 e. The SMILES string of the molecule is COCCC(OC)O[SiH2]. The van der Waals surface area contributed by atoms with Crippen LogP contribution < -0.4 is 0 Å². The van der Waals surface area contributed by atoms with Gasteiger partial charge in [-0.05, 0) is 0 Å². The summed E-state index contributed by atoms with van der Waals surface area (Å²) in [6, 6.07) is 0. The molecular formula is C5H13O3Si. The number of rotatable bonds is 5. The van der Waals surface area contributed by atoms with E-state index in [1.807, 2.05) is 0 Å². The van der Waals surface area contributed by atoms with Crippen molar-refractivity contribution in [3.05, 3.63) is 0 Å². The maximum Gasteiger partial charge on any atom is 0.178 e. The Hall–Kier alpha value is 0.0969. The average Bonchev–Trinajstić information content (AvgIpc) is 1.91. The Morgan fingerprint density at radius 2 is 2.11 bits per heavy atom. The predicted molar refractivity (Wildman–Crippen MR) is 36.9 cm³/mol. The van der Waals surface area contributed by atoms with Gasteiger partial charge in [0, 0.05) is 20.6 Å². The fourth-order valence-electron chi connectivity index (χ4n) is 0.483. The maximum atomic E-state index is 4.93. The number of methoxy groups -OCH3 is 2. The zero-order valence-corrected chi connectivity index (χ0v) is 7.34. The summed E-state index contributed by atoms with van der Waals surface area (Å²) < 4.78 is 14.7. The number of ether oxygens (including phenoxy) is 2. The van der Waals surface area contributed by atoms with Crippen molar-refractivity contribution in [2.45, 2.75) is 12.7 Å². The Balaban J connectivity index is 3.09. The minimum atomic E-state index is -0.108. The summed E-state index contributed by atoms with van der Waals surface area (Å²) in [5.74, 6) is 0. The Morgan fingerprint density at radius 1 is 1.44 bits per heavy atom. The van der Waals surface area contributed by atoms with Crippen LogP contribution in [0.3, 0.4) is 0 Å². The molecule has 0 saturated heterocycles. The lowest BCUT2D eigenvalue weighted by Crippen LogP contribution is -2.15. The second kappa shape index (κ2) is 6.22. The zero-order chi connectivity index (χ0) is 7.11. The first kappa shape index (κ1) is 9.10. The first-order chi connectivity index (χ1) is 4.35. The van der Waals surface area contributed by atoms with Gasteiger partial charge in [-0.15, -0.1) is 0 Å². The molecule has 0 aliphatic heterocycles. The van der Waals surface area contributed by atoms with Gasteiger partial charge in [0.1, 0.15) is 6.29 Å². The van der Waals surface area contributed by atoms with Crippen LogP contribution in [0.1, 0.15) is 6.42 Å². The van der Waals surface area contributed by atoms with Gasteiger partial charge in [0.25, 0.3) is 0 Å².